The van der Waals surface area contributed by atoms with Crippen LogP contribution in [0.3, 0.4) is 0 Å². The van der Waals surface area contributed by atoms with E-state index in [4.69, 9.17) is 15.1 Å². The Labute approximate surface area is 106 Å². The fraction of sp³-hybridized carbons (Fsp3) is 0.615. The molecule has 1 N–H and O–H groups in total. The van der Waals surface area contributed by atoms with Gasteiger partial charge in [0.25, 0.3) is 0 Å². The summed E-state index contributed by atoms with van der Waals surface area (Å²) >= 11 is 0. The van der Waals surface area contributed by atoms with Crippen molar-refractivity contribution in [3.05, 3.63) is 11.6 Å². The summed E-state index contributed by atoms with van der Waals surface area (Å²) in [5.41, 5.74) is -0.544. The van der Waals surface area contributed by atoms with E-state index in [2.05, 4.69) is 0 Å². The fourth-order valence-corrected chi connectivity index (χ4v) is 2.07. The standard InChI is InChI=1S/C13H17NO4/c1-7(2)18-12(17)8(6-14)5-9-10(11(15)16)13(9,3)4/h5,7,9-10H,1-4H3,(H,15,16)/b8-5+/t9?,10-/m0/s1. The summed E-state index contributed by atoms with van der Waals surface area (Å²) in [5, 5.41) is 17.9. The lowest BCUT2D eigenvalue weighted by Gasteiger charge is -2.06. The van der Waals surface area contributed by atoms with Gasteiger partial charge in [0.1, 0.15) is 11.6 Å². The van der Waals surface area contributed by atoms with E-state index >= 15 is 0 Å². The topological polar surface area (TPSA) is 87.4 Å². The summed E-state index contributed by atoms with van der Waals surface area (Å²) < 4.78 is 4.92. The highest BCUT2D eigenvalue weighted by molar-refractivity contribution is 5.93. The predicted molar refractivity (Wildman–Crippen MR) is 63.3 cm³/mol. The minimum Gasteiger partial charge on any atom is -0.481 e. The molecule has 0 aliphatic heterocycles. The molecule has 18 heavy (non-hydrogen) atoms. The zero-order chi connectivity index (χ0) is 14.1. The number of nitrogens with zero attached hydrogens (tertiary/aromatic N) is 1. The van der Waals surface area contributed by atoms with Crippen molar-refractivity contribution < 1.29 is 19.4 Å². The first kappa shape index (κ1) is 14.2. The highest BCUT2D eigenvalue weighted by Gasteiger charge is 2.61. The van der Waals surface area contributed by atoms with Crippen molar-refractivity contribution >= 4 is 11.9 Å². The van der Waals surface area contributed by atoms with Gasteiger partial charge < -0.3 is 9.84 Å². The Kier molecular flexibility index (Phi) is 3.80. The number of carbonyl (C=O) groups excluding carboxylic acids is 1. The molecule has 1 aliphatic carbocycles. The van der Waals surface area contributed by atoms with Crippen LogP contribution in [0.5, 0.6) is 0 Å². The van der Waals surface area contributed by atoms with Crippen LogP contribution in [0.2, 0.25) is 0 Å². The lowest BCUT2D eigenvalue weighted by molar-refractivity contribution is -0.142. The van der Waals surface area contributed by atoms with Gasteiger partial charge in [0.2, 0.25) is 0 Å². The maximum atomic E-state index is 11.6. The van der Waals surface area contributed by atoms with Gasteiger partial charge in [-0.1, -0.05) is 19.9 Å². The molecule has 0 heterocycles. The number of carboxylic acid groups (broad SMARTS) is 1. The molecule has 1 saturated carbocycles. The molecule has 0 saturated heterocycles. The second-order valence-corrected chi connectivity index (χ2v) is 5.31. The first-order chi connectivity index (χ1) is 8.21. The third-order valence-corrected chi connectivity index (χ3v) is 3.21. The van der Waals surface area contributed by atoms with Crippen LogP contribution in [-0.4, -0.2) is 23.1 Å². The van der Waals surface area contributed by atoms with Gasteiger partial charge in [-0.2, -0.15) is 5.26 Å². The summed E-state index contributed by atoms with van der Waals surface area (Å²) in [6.45, 7) is 6.98. The summed E-state index contributed by atoms with van der Waals surface area (Å²) in [6.07, 6.45) is 1.11. The van der Waals surface area contributed by atoms with Crippen molar-refractivity contribution in [2.45, 2.75) is 33.8 Å². The van der Waals surface area contributed by atoms with Gasteiger partial charge >= 0.3 is 11.9 Å². The molecule has 0 radical (unpaired) electrons. The summed E-state index contributed by atoms with van der Waals surface area (Å²) in [7, 11) is 0. The molecule has 1 unspecified atom stereocenters. The number of carbonyl (C=O) groups is 2. The Hall–Kier alpha value is -1.83. The molecule has 0 spiro atoms. The minimum atomic E-state index is -0.907. The fourth-order valence-electron chi connectivity index (χ4n) is 2.07. The Morgan fingerprint density at radius 2 is 2.00 bits per heavy atom. The average Bonchev–Trinajstić information content (AvgIpc) is 2.75. The summed E-state index contributed by atoms with van der Waals surface area (Å²) in [5.74, 6) is -2.45. The van der Waals surface area contributed by atoms with E-state index < -0.39 is 23.3 Å². The molecular weight excluding hydrogens is 234 g/mol. The smallest absolute Gasteiger partial charge is 0.348 e. The number of rotatable bonds is 4. The number of ether oxygens (including phenoxy) is 1. The van der Waals surface area contributed by atoms with E-state index in [0.717, 1.165) is 0 Å². The Morgan fingerprint density at radius 3 is 2.33 bits per heavy atom. The largest absolute Gasteiger partial charge is 0.481 e. The number of hydrogen-bond acceptors (Lipinski definition) is 4. The van der Waals surface area contributed by atoms with Crippen molar-refractivity contribution in [3.8, 4) is 6.07 Å². The lowest BCUT2D eigenvalue weighted by Crippen LogP contribution is -2.13. The Morgan fingerprint density at radius 1 is 1.44 bits per heavy atom. The number of esters is 1. The summed E-state index contributed by atoms with van der Waals surface area (Å²) in [6, 6.07) is 1.77. The molecule has 0 aromatic rings. The second kappa shape index (κ2) is 4.81. The van der Waals surface area contributed by atoms with Crippen LogP contribution >= 0.6 is 0 Å². The van der Waals surface area contributed by atoms with Gasteiger partial charge in [-0.15, -0.1) is 0 Å². The number of nitriles is 1. The molecule has 0 aromatic heterocycles. The molecule has 1 aliphatic rings. The van der Waals surface area contributed by atoms with E-state index in [1.54, 1.807) is 33.8 Å². The molecule has 0 amide bonds. The number of carboxylic acids is 1. The average molecular weight is 251 g/mol. The first-order valence-electron chi connectivity index (χ1n) is 5.77. The molecule has 1 fully saturated rings. The van der Waals surface area contributed by atoms with Gasteiger partial charge in [0.15, 0.2) is 0 Å². The van der Waals surface area contributed by atoms with Crippen LogP contribution in [0.25, 0.3) is 0 Å². The molecule has 0 bridgehead atoms. The zero-order valence-electron chi connectivity index (χ0n) is 10.9. The first-order valence-corrected chi connectivity index (χ1v) is 5.77. The van der Waals surface area contributed by atoms with E-state index in [1.165, 1.54) is 6.08 Å². The van der Waals surface area contributed by atoms with Crippen LogP contribution < -0.4 is 0 Å². The van der Waals surface area contributed by atoms with Crippen LogP contribution in [-0.2, 0) is 14.3 Å². The Bertz CT molecular complexity index is 442. The third kappa shape index (κ3) is 2.70. The van der Waals surface area contributed by atoms with Gasteiger partial charge in [0.05, 0.1) is 12.0 Å². The molecule has 98 valence electrons. The van der Waals surface area contributed by atoms with Crippen LogP contribution in [0, 0.1) is 28.6 Å². The lowest BCUT2D eigenvalue weighted by atomic mass is 10.1. The van der Waals surface area contributed by atoms with Crippen molar-refractivity contribution in [1.29, 1.82) is 5.26 Å². The van der Waals surface area contributed by atoms with E-state index in [9.17, 15) is 9.59 Å². The van der Waals surface area contributed by atoms with Crippen molar-refractivity contribution in [3.63, 3.8) is 0 Å². The number of allylic oxidation sites excluding steroid dienone is 1. The maximum Gasteiger partial charge on any atom is 0.348 e. The quantitative estimate of drug-likeness (QED) is 0.467. The van der Waals surface area contributed by atoms with Crippen LogP contribution in [0.4, 0.5) is 0 Å². The number of hydrogen-bond donors (Lipinski definition) is 1. The van der Waals surface area contributed by atoms with E-state index in [-0.39, 0.29) is 17.6 Å². The van der Waals surface area contributed by atoms with Crippen molar-refractivity contribution in [1.82, 2.24) is 0 Å². The molecule has 0 aromatic carbocycles. The van der Waals surface area contributed by atoms with Crippen molar-refractivity contribution in [2.75, 3.05) is 0 Å². The summed E-state index contributed by atoms with van der Waals surface area (Å²) in [4.78, 5) is 22.6. The Balaban J connectivity index is 2.86. The van der Waals surface area contributed by atoms with Gasteiger partial charge in [0, 0.05) is 0 Å². The van der Waals surface area contributed by atoms with Gasteiger partial charge in [-0.25, -0.2) is 4.79 Å². The molecular formula is C13H17NO4. The molecule has 5 nitrogen and oxygen atoms in total. The monoisotopic (exact) mass is 251 g/mol. The van der Waals surface area contributed by atoms with Gasteiger partial charge in [-0.05, 0) is 25.2 Å². The molecule has 1 rings (SSSR count). The third-order valence-electron chi connectivity index (χ3n) is 3.21. The maximum absolute atomic E-state index is 11.6. The predicted octanol–water partition coefficient (Wildman–Crippen LogP) is 1.74. The molecule has 5 heteroatoms. The van der Waals surface area contributed by atoms with E-state index in [1.807, 2.05) is 0 Å². The highest BCUT2D eigenvalue weighted by atomic mass is 16.5. The highest BCUT2D eigenvalue weighted by Crippen LogP contribution is 2.59. The SMILES string of the molecule is CC(C)OC(=O)/C(C#N)=C/C1[C@@H](C(=O)O)C1(C)C. The van der Waals surface area contributed by atoms with Crippen LogP contribution in [0.15, 0.2) is 11.6 Å². The van der Waals surface area contributed by atoms with E-state index in [0.29, 0.717) is 0 Å². The van der Waals surface area contributed by atoms with Crippen molar-refractivity contribution in [2.24, 2.45) is 17.3 Å². The minimum absolute atomic E-state index is 0.120. The number of aliphatic carboxylic acids is 1. The normalized spacial score (nSPS) is 25.4. The zero-order valence-corrected chi connectivity index (χ0v) is 10.9. The van der Waals surface area contributed by atoms with Crippen LogP contribution in [0.1, 0.15) is 27.7 Å². The molecule has 2 atom stereocenters. The second-order valence-electron chi connectivity index (χ2n) is 5.31. The van der Waals surface area contributed by atoms with Gasteiger partial charge in [-0.3, -0.25) is 4.79 Å².